The van der Waals surface area contributed by atoms with E-state index in [4.69, 9.17) is 4.74 Å². The number of esters is 2. The lowest BCUT2D eigenvalue weighted by molar-refractivity contribution is -0.147. The van der Waals surface area contributed by atoms with Gasteiger partial charge in [0.15, 0.2) is 0 Å². The monoisotopic (exact) mass is 187 g/mol. The SMILES string of the molecule is C[CH]C(=O)OC(C)CCC(=O)OC. The fourth-order valence-electron chi connectivity index (χ4n) is 0.748. The molecule has 0 aromatic carbocycles. The Morgan fingerprint density at radius 2 is 2.08 bits per heavy atom. The van der Waals surface area contributed by atoms with Crippen molar-refractivity contribution in [3.63, 3.8) is 0 Å². The molecule has 0 saturated heterocycles. The van der Waals surface area contributed by atoms with E-state index in [1.165, 1.54) is 13.5 Å². The second-order valence-electron chi connectivity index (χ2n) is 2.65. The first-order valence-corrected chi connectivity index (χ1v) is 4.17. The molecule has 0 spiro atoms. The molecule has 0 aliphatic heterocycles. The third-order valence-corrected chi connectivity index (χ3v) is 1.54. The maximum absolute atomic E-state index is 10.7. The lowest BCUT2D eigenvalue weighted by Gasteiger charge is -2.11. The van der Waals surface area contributed by atoms with Crippen LogP contribution >= 0.6 is 0 Å². The molecule has 0 aliphatic carbocycles. The fourth-order valence-corrected chi connectivity index (χ4v) is 0.748. The molecule has 1 atom stereocenters. The molecule has 0 heterocycles. The Hall–Kier alpha value is -1.06. The van der Waals surface area contributed by atoms with E-state index in [1.807, 2.05) is 0 Å². The minimum atomic E-state index is -0.364. The summed E-state index contributed by atoms with van der Waals surface area (Å²) in [6, 6.07) is 0. The maximum Gasteiger partial charge on any atom is 0.309 e. The van der Waals surface area contributed by atoms with E-state index in [-0.39, 0.29) is 24.5 Å². The van der Waals surface area contributed by atoms with Gasteiger partial charge < -0.3 is 9.47 Å². The Balaban J connectivity index is 3.56. The Morgan fingerprint density at radius 3 is 2.54 bits per heavy atom. The molecular weight excluding hydrogens is 172 g/mol. The minimum Gasteiger partial charge on any atom is -0.469 e. The summed E-state index contributed by atoms with van der Waals surface area (Å²) < 4.78 is 9.34. The smallest absolute Gasteiger partial charge is 0.309 e. The predicted molar refractivity (Wildman–Crippen MR) is 46.8 cm³/mol. The number of rotatable bonds is 5. The van der Waals surface area contributed by atoms with Gasteiger partial charge in [0.25, 0.3) is 0 Å². The van der Waals surface area contributed by atoms with Crippen molar-refractivity contribution >= 4 is 11.9 Å². The molecule has 0 aromatic rings. The van der Waals surface area contributed by atoms with Gasteiger partial charge in [-0.3, -0.25) is 9.59 Å². The van der Waals surface area contributed by atoms with E-state index >= 15 is 0 Å². The summed E-state index contributed by atoms with van der Waals surface area (Å²) in [5.74, 6) is -0.652. The highest BCUT2D eigenvalue weighted by atomic mass is 16.5. The highest BCUT2D eigenvalue weighted by Gasteiger charge is 2.10. The molecule has 1 unspecified atom stereocenters. The van der Waals surface area contributed by atoms with Crippen LogP contribution in [0.1, 0.15) is 26.7 Å². The van der Waals surface area contributed by atoms with E-state index in [2.05, 4.69) is 4.74 Å². The van der Waals surface area contributed by atoms with Crippen LogP contribution in [0.5, 0.6) is 0 Å². The van der Waals surface area contributed by atoms with Gasteiger partial charge in [-0.05, 0) is 13.3 Å². The fraction of sp³-hybridized carbons (Fsp3) is 0.667. The van der Waals surface area contributed by atoms with Crippen LogP contribution in [-0.4, -0.2) is 25.2 Å². The second kappa shape index (κ2) is 6.46. The summed E-state index contributed by atoms with van der Waals surface area (Å²) in [6.07, 6.45) is 1.86. The van der Waals surface area contributed by atoms with Crippen molar-refractivity contribution in [3.05, 3.63) is 6.42 Å². The first-order chi connectivity index (χ1) is 6.10. The number of ether oxygens (including phenoxy) is 2. The van der Waals surface area contributed by atoms with E-state index in [9.17, 15) is 9.59 Å². The molecule has 0 aromatic heterocycles. The standard InChI is InChI=1S/C9H15O4/c1-4-8(10)13-7(2)5-6-9(11)12-3/h4,7H,5-6H2,1-3H3. The molecule has 0 amide bonds. The van der Waals surface area contributed by atoms with Crippen molar-refractivity contribution < 1.29 is 19.1 Å². The summed E-state index contributed by atoms with van der Waals surface area (Å²) >= 11 is 0. The summed E-state index contributed by atoms with van der Waals surface area (Å²) in [6.45, 7) is 3.35. The van der Waals surface area contributed by atoms with Crippen molar-refractivity contribution in [1.29, 1.82) is 0 Å². The number of carbonyl (C=O) groups excluding carboxylic acids is 2. The second-order valence-corrected chi connectivity index (χ2v) is 2.65. The lowest BCUT2D eigenvalue weighted by atomic mass is 10.2. The van der Waals surface area contributed by atoms with E-state index in [1.54, 1.807) is 13.8 Å². The average Bonchev–Trinajstić information content (AvgIpc) is 2.13. The van der Waals surface area contributed by atoms with Crippen molar-refractivity contribution in [3.8, 4) is 0 Å². The van der Waals surface area contributed by atoms with Gasteiger partial charge in [-0.25, -0.2) is 0 Å². The normalized spacial score (nSPS) is 11.9. The highest BCUT2D eigenvalue weighted by Crippen LogP contribution is 2.03. The Kier molecular flexibility index (Phi) is 5.93. The van der Waals surface area contributed by atoms with Gasteiger partial charge in [0, 0.05) is 6.42 Å². The van der Waals surface area contributed by atoms with Crippen molar-refractivity contribution in [2.75, 3.05) is 7.11 Å². The van der Waals surface area contributed by atoms with Crippen LogP contribution in [0, 0.1) is 6.42 Å². The Morgan fingerprint density at radius 1 is 1.46 bits per heavy atom. The predicted octanol–water partition coefficient (Wildman–Crippen LogP) is 1.10. The Bertz CT molecular complexity index is 176. The van der Waals surface area contributed by atoms with Crippen LogP contribution in [0.3, 0.4) is 0 Å². The molecule has 0 N–H and O–H groups in total. The average molecular weight is 187 g/mol. The van der Waals surface area contributed by atoms with Crippen LogP contribution in [0.4, 0.5) is 0 Å². The van der Waals surface area contributed by atoms with Crippen LogP contribution in [-0.2, 0) is 19.1 Å². The third-order valence-electron chi connectivity index (χ3n) is 1.54. The molecule has 1 radical (unpaired) electrons. The number of carbonyl (C=O) groups is 2. The number of methoxy groups -OCH3 is 1. The van der Waals surface area contributed by atoms with Gasteiger partial charge in [0.2, 0.25) is 0 Å². The van der Waals surface area contributed by atoms with E-state index in [0.717, 1.165) is 0 Å². The van der Waals surface area contributed by atoms with Gasteiger partial charge in [0.05, 0.1) is 19.6 Å². The zero-order chi connectivity index (χ0) is 10.3. The van der Waals surface area contributed by atoms with Crippen LogP contribution in [0.25, 0.3) is 0 Å². The molecule has 0 aliphatic rings. The highest BCUT2D eigenvalue weighted by molar-refractivity contribution is 5.78. The van der Waals surface area contributed by atoms with Crippen LogP contribution < -0.4 is 0 Å². The van der Waals surface area contributed by atoms with Crippen LogP contribution in [0.2, 0.25) is 0 Å². The maximum atomic E-state index is 10.7. The first-order valence-electron chi connectivity index (χ1n) is 4.17. The van der Waals surface area contributed by atoms with Crippen molar-refractivity contribution in [2.45, 2.75) is 32.8 Å². The van der Waals surface area contributed by atoms with E-state index < -0.39 is 0 Å². The topological polar surface area (TPSA) is 52.6 Å². The van der Waals surface area contributed by atoms with Crippen molar-refractivity contribution in [2.24, 2.45) is 0 Å². The molecule has 0 saturated carbocycles. The minimum absolute atomic E-state index is 0.247. The number of hydrogen-bond donors (Lipinski definition) is 0. The van der Waals surface area contributed by atoms with Gasteiger partial charge in [-0.2, -0.15) is 0 Å². The van der Waals surface area contributed by atoms with Gasteiger partial charge in [-0.1, -0.05) is 6.92 Å². The summed E-state index contributed by atoms with van der Waals surface area (Å²) in [4.78, 5) is 21.4. The summed E-state index contributed by atoms with van der Waals surface area (Å²) in [5, 5.41) is 0. The molecule has 0 bridgehead atoms. The lowest BCUT2D eigenvalue weighted by Crippen LogP contribution is -2.16. The first kappa shape index (κ1) is 11.9. The summed E-state index contributed by atoms with van der Waals surface area (Å²) in [5.41, 5.74) is 0. The van der Waals surface area contributed by atoms with Gasteiger partial charge in [-0.15, -0.1) is 0 Å². The molecule has 0 rings (SSSR count). The quantitative estimate of drug-likeness (QED) is 0.605. The molecule has 75 valence electrons. The zero-order valence-corrected chi connectivity index (χ0v) is 8.20. The zero-order valence-electron chi connectivity index (χ0n) is 8.20. The molecule has 4 heteroatoms. The van der Waals surface area contributed by atoms with Gasteiger partial charge in [0.1, 0.15) is 0 Å². The summed E-state index contributed by atoms with van der Waals surface area (Å²) in [7, 11) is 1.33. The molecule has 13 heavy (non-hydrogen) atoms. The molecule has 0 fully saturated rings. The van der Waals surface area contributed by atoms with Crippen LogP contribution in [0.15, 0.2) is 0 Å². The van der Waals surface area contributed by atoms with Crippen molar-refractivity contribution in [1.82, 2.24) is 0 Å². The largest absolute Gasteiger partial charge is 0.469 e. The number of hydrogen-bond acceptors (Lipinski definition) is 4. The Labute approximate surface area is 78.2 Å². The molecular formula is C9H15O4. The molecule has 4 nitrogen and oxygen atoms in total. The third kappa shape index (κ3) is 6.13. The van der Waals surface area contributed by atoms with Gasteiger partial charge >= 0.3 is 11.9 Å². The van der Waals surface area contributed by atoms with E-state index in [0.29, 0.717) is 6.42 Å².